The molecule has 0 amide bonds. The first-order valence-corrected chi connectivity index (χ1v) is 9.02. The molecular weight excluding hydrogens is 334 g/mol. The zero-order valence-electron chi connectivity index (χ0n) is 14.4. The highest BCUT2D eigenvalue weighted by Crippen LogP contribution is 2.35. The number of para-hydroxylation sites is 1. The predicted molar refractivity (Wildman–Crippen MR) is 99.2 cm³/mol. The summed E-state index contributed by atoms with van der Waals surface area (Å²) in [4.78, 5) is 6.59. The lowest BCUT2D eigenvalue weighted by Gasteiger charge is -2.04. The highest BCUT2D eigenvalue weighted by molar-refractivity contribution is 7.21. The smallest absolute Gasteiger partial charge is 0.268 e. The third kappa shape index (κ3) is 2.96. The van der Waals surface area contributed by atoms with Crippen LogP contribution in [0.2, 0.25) is 0 Å². The summed E-state index contributed by atoms with van der Waals surface area (Å²) in [5, 5.41) is 13.1. The van der Waals surface area contributed by atoms with Crippen LogP contribution in [0.4, 0.5) is 0 Å². The summed E-state index contributed by atoms with van der Waals surface area (Å²) in [7, 11) is 1.93. The molecule has 0 fully saturated rings. The maximum absolute atomic E-state index is 5.47. The Morgan fingerprint density at radius 3 is 2.84 bits per heavy atom. The number of hydrogen-bond donors (Lipinski definition) is 1. The molecule has 3 heterocycles. The molecule has 6 nitrogen and oxygen atoms in total. The second-order valence-electron chi connectivity index (χ2n) is 6.07. The van der Waals surface area contributed by atoms with Crippen LogP contribution in [-0.4, -0.2) is 33.0 Å². The maximum Gasteiger partial charge on any atom is 0.268 e. The van der Waals surface area contributed by atoms with Gasteiger partial charge in [0.05, 0.1) is 16.3 Å². The molecule has 0 saturated carbocycles. The second-order valence-corrected chi connectivity index (χ2v) is 7.10. The zero-order valence-corrected chi connectivity index (χ0v) is 15.2. The molecule has 0 aliphatic carbocycles. The van der Waals surface area contributed by atoms with Gasteiger partial charge >= 0.3 is 0 Å². The fraction of sp³-hybridized carbons (Fsp3) is 0.278. The first-order chi connectivity index (χ1) is 12.2. The Kier molecular flexibility index (Phi) is 4.10. The molecule has 1 atom stereocenters. The molecule has 3 aromatic heterocycles. The van der Waals surface area contributed by atoms with E-state index in [2.05, 4.69) is 45.7 Å². The summed E-state index contributed by atoms with van der Waals surface area (Å²) in [5.74, 6) is 1.29. The SMILES string of the molecule is CNC(C)Cc1noc(-c2cc3c(C)nn(-c4ccccc4)c3s2)n1. The van der Waals surface area contributed by atoms with Crippen molar-refractivity contribution < 1.29 is 4.52 Å². The van der Waals surface area contributed by atoms with Crippen molar-refractivity contribution in [2.45, 2.75) is 26.3 Å². The van der Waals surface area contributed by atoms with Gasteiger partial charge in [-0.3, -0.25) is 0 Å². The van der Waals surface area contributed by atoms with Gasteiger partial charge in [0.15, 0.2) is 5.82 Å². The number of nitrogens with zero attached hydrogens (tertiary/aromatic N) is 4. The number of aryl methyl sites for hydroxylation is 1. The average molecular weight is 353 g/mol. The Bertz CT molecular complexity index is 1000. The number of fused-ring (bicyclic) bond motifs is 1. The monoisotopic (exact) mass is 353 g/mol. The van der Waals surface area contributed by atoms with Crippen LogP contribution in [0.15, 0.2) is 40.9 Å². The molecule has 0 radical (unpaired) electrons. The molecule has 4 rings (SSSR count). The van der Waals surface area contributed by atoms with Crippen molar-refractivity contribution >= 4 is 21.6 Å². The van der Waals surface area contributed by atoms with Gasteiger partial charge in [-0.15, -0.1) is 11.3 Å². The first kappa shape index (κ1) is 16.0. The fourth-order valence-corrected chi connectivity index (χ4v) is 3.81. The van der Waals surface area contributed by atoms with E-state index in [9.17, 15) is 0 Å². The highest BCUT2D eigenvalue weighted by Gasteiger charge is 2.18. The van der Waals surface area contributed by atoms with Gasteiger partial charge in [-0.2, -0.15) is 10.1 Å². The van der Waals surface area contributed by atoms with Crippen LogP contribution in [-0.2, 0) is 6.42 Å². The summed E-state index contributed by atoms with van der Waals surface area (Å²) in [6.07, 6.45) is 0.738. The van der Waals surface area contributed by atoms with Crippen LogP contribution in [0.25, 0.3) is 26.7 Å². The Labute approximate surface area is 149 Å². The third-order valence-corrected chi connectivity index (χ3v) is 5.30. The standard InChI is InChI=1S/C18H19N5OS/c1-11(19-3)9-16-20-17(24-22-16)15-10-14-12(2)21-23(18(14)25-15)13-7-5-4-6-8-13/h4-8,10-11,19H,9H2,1-3H3. The Balaban J connectivity index is 1.73. The van der Waals surface area contributed by atoms with Crippen LogP contribution in [0, 0.1) is 6.92 Å². The van der Waals surface area contributed by atoms with Gasteiger partial charge in [0.2, 0.25) is 0 Å². The number of rotatable bonds is 5. The number of thiophene rings is 1. The summed E-state index contributed by atoms with van der Waals surface area (Å²) in [6.45, 7) is 4.11. The Morgan fingerprint density at radius 1 is 1.28 bits per heavy atom. The molecule has 1 unspecified atom stereocenters. The number of benzene rings is 1. The molecule has 1 N–H and O–H groups in total. The second kappa shape index (κ2) is 6.42. The summed E-state index contributed by atoms with van der Waals surface area (Å²) in [6, 6.07) is 12.5. The molecule has 128 valence electrons. The Hall–Kier alpha value is -2.51. The molecule has 0 bridgehead atoms. The van der Waals surface area contributed by atoms with E-state index in [1.54, 1.807) is 11.3 Å². The molecule has 1 aromatic carbocycles. The van der Waals surface area contributed by atoms with Gasteiger partial charge in [0.1, 0.15) is 4.83 Å². The van der Waals surface area contributed by atoms with Crippen LogP contribution < -0.4 is 5.32 Å². The van der Waals surface area contributed by atoms with Crippen molar-refractivity contribution in [3.05, 3.63) is 47.9 Å². The number of hydrogen-bond acceptors (Lipinski definition) is 6. The average Bonchev–Trinajstić information content (AvgIpc) is 3.32. The minimum absolute atomic E-state index is 0.307. The molecule has 25 heavy (non-hydrogen) atoms. The number of nitrogens with one attached hydrogen (secondary N) is 1. The summed E-state index contributed by atoms with van der Waals surface area (Å²) < 4.78 is 7.44. The quantitative estimate of drug-likeness (QED) is 0.594. The molecule has 0 aliphatic heterocycles. The van der Waals surface area contributed by atoms with Crippen LogP contribution in [0.5, 0.6) is 0 Å². The van der Waals surface area contributed by atoms with Crippen LogP contribution in [0.1, 0.15) is 18.4 Å². The lowest BCUT2D eigenvalue weighted by Crippen LogP contribution is -2.24. The maximum atomic E-state index is 5.47. The largest absolute Gasteiger partial charge is 0.333 e. The third-order valence-electron chi connectivity index (χ3n) is 4.21. The van der Waals surface area contributed by atoms with Gasteiger partial charge < -0.3 is 9.84 Å². The van der Waals surface area contributed by atoms with Crippen molar-refractivity contribution in [3.63, 3.8) is 0 Å². The van der Waals surface area contributed by atoms with Gasteiger partial charge in [-0.05, 0) is 39.1 Å². The van der Waals surface area contributed by atoms with Crippen molar-refractivity contribution in [3.8, 4) is 16.5 Å². The lowest BCUT2D eigenvalue weighted by molar-refractivity contribution is 0.419. The Morgan fingerprint density at radius 2 is 2.08 bits per heavy atom. The van der Waals surface area contributed by atoms with Crippen molar-refractivity contribution in [1.29, 1.82) is 0 Å². The zero-order chi connectivity index (χ0) is 17.4. The lowest BCUT2D eigenvalue weighted by atomic mass is 10.2. The van der Waals surface area contributed by atoms with E-state index in [0.717, 1.165) is 38.7 Å². The van der Waals surface area contributed by atoms with Gasteiger partial charge in [-0.1, -0.05) is 23.4 Å². The highest BCUT2D eigenvalue weighted by atomic mass is 32.1. The van der Waals surface area contributed by atoms with Crippen molar-refractivity contribution in [1.82, 2.24) is 25.2 Å². The molecular formula is C18H19N5OS. The number of aromatic nitrogens is 4. The van der Waals surface area contributed by atoms with E-state index < -0.39 is 0 Å². The molecule has 0 aliphatic rings. The molecule has 0 spiro atoms. The molecule has 7 heteroatoms. The fourth-order valence-electron chi connectivity index (χ4n) is 2.71. The van der Waals surface area contributed by atoms with Gasteiger partial charge in [0, 0.05) is 17.8 Å². The van der Waals surface area contributed by atoms with E-state index in [0.29, 0.717) is 11.9 Å². The minimum Gasteiger partial charge on any atom is -0.333 e. The van der Waals surface area contributed by atoms with Crippen molar-refractivity contribution in [2.75, 3.05) is 7.05 Å². The van der Waals surface area contributed by atoms with Crippen LogP contribution >= 0.6 is 11.3 Å². The molecule has 0 saturated heterocycles. The van der Waals surface area contributed by atoms with E-state index in [1.807, 2.05) is 36.9 Å². The van der Waals surface area contributed by atoms with E-state index in [1.165, 1.54) is 0 Å². The number of likely N-dealkylation sites (N-methyl/N-ethyl adjacent to an activating group) is 1. The summed E-state index contributed by atoms with van der Waals surface area (Å²) >= 11 is 1.62. The topological polar surface area (TPSA) is 68.8 Å². The van der Waals surface area contributed by atoms with Crippen LogP contribution in [0.3, 0.4) is 0 Å². The van der Waals surface area contributed by atoms with E-state index >= 15 is 0 Å². The first-order valence-electron chi connectivity index (χ1n) is 8.20. The normalized spacial score (nSPS) is 12.8. The van der Waals surface area contributed by atoms with E-state index in [-0.39, 0.29) is 0 Å². The van der Waals surface area contributed by atoms with E-state index in [4.69, 9.17) is 4.52 Å². The predicted octanol–water partition coefficient (Wildman–Crippen LogP) is 3.60. The molecule has 4 aromatic rings. The van der Waals surface area contributed by atoms with Gasteiger partial charge in [0.25, 0.3) is 5.89 Å². The van der Waals surface area contributed by atoms with Crippen molar-refractivity contribution in [2.24, 2.45) is 0 Å². The minimum atomic E-state index is 0.307. The summed E-state index contributed by atoms with van der Waals surface area (Å²) in [5.41, 5.74) is 2.04. The van der Waals surface area contributed by atoms with Gasteiger partial charge in [-0.25, -0.2) is 4.68 Å².